The molecule has 0 amide bonds. The molecule has 1 heterocycles. The van der Waals surface area contributed by atoms with E-state index in [-0.39, 0.29) is 0 Å². The quantitative estimate of drug-likeness (QED) is 0.825. The second-order valence-electron chi connectivity index (χ2n) is 5.43. The fraction of sp³-hybridized carbons (Fsp3) is 0.533. The van der Waals surface area contributed by atoms with E-state index in [0.717, 1.165) is 31.6 Å². The van der Waals surface area contributed by atoms with E-state index in [0.29, 0.717) is 17.5 Å². The molecular weight excluding hydrogens is 256 g/mol. The molecule has 0 radical (unpaired) electrons. The number of hydrogen-bond acceptors (Lipinski definition) is 3. The number of benzene rings is 1. The Morgan fingerprint density at radius 2 is 2.32 bits per heavy atom. The smallest absolute Gasteiger partial charge is 0.103 e. The molecule has 3 nitrogen and oxygen atoms in total. The molecule has 3 N–H and O–H groups in total. The maximum absolute atomic E-state index is 9.27. The van der Waals surface area contributed by atoms with E-state index in [4.69, 9.17) is 18.0 Å². The monoisotopic (exact) mass is 278 g/mol. The highest BCUT2D eigenvalue weighted by Gasteiger charge is 2.19. The summed E-state index contributed by atoms with van der Waals surface area (Å²) in [7, 11) is 0. The van der Waals surface area contributed by atoms with Crippen molar-refractivity contribution < 1.29 is 5.11 Å². The van der Waals surface area contributed by atoms with E-state index in [1.165, 1.54) is 17.5 Å². The summed E-state index contributed by atoms with van der Waals surface area (Å²) in [5, 5.41) is 9.27. The SMILES string of the molecule is Cc1cc(C(N)=S)ccc1CN1CCCC(CO)C1. The minimum atomic E-state index is 0.301. The maximum Gasteiger partial charge on any atom is 0.103 e. The van der Waals surface area contributed by atoms with Crippen LogP contribution in [0.1, 0.15) is 29.5 Å². The fourth-order valence-corrected chi connectivity index (χ4v) is 2.84. The van der Waals surface area contributed by atoms with Gasteiger partial charge in [-0.2, -0.15) is 0 Å². The molecule has 1 aromatic carbocycles. The van der Waals surface area contributed by atoms with E-state index in [9.17, 15) is 5.11 Å². The summed E-state index contributed by atoms with van der Waals surface area (Å²) in [6, 6.07) is 6.18. The van der Waals surface area contributed by atoms with Crippen LogP contribution in [0.15, 0.2) is 18.2 Å². The molecule has 19 heavy (non-hydrogen) atoms. The molecule has 4 heteroatoms. The summed E-state index contributed by atoms with van der Waals surface area (Å²) >= 11 is 5.00. The average Bonchev–Trinajstić information content (AvgIpc) is 2.41. The first-order valence-corrected chi connectivity index (χ1v) is 7.23. The highest BCUT2D eigenvalue weighted by molar-refractivity contribution is 7.80. The van der Waals surface area contributed by atoms with Gasteiger partial charge in [0.05, 0.1) is 0 Å². The van der Waals surface area contributed by atoms with Crippen LogP contribution in [-0.4, -0.2) is 34.7 Å². The van der Waals surface area contributed by atoms with Crippen molar-refractivity contribution in [3.05, 3.63) is 34.9 Å². The van der Waals surface area contributed by atoms with Crippen molar-refractivity contribution in [1.29, 1.82) is 0 Å². The van der Waals surface area contributed by atoms with Crippen LogP contribution in [0.25, 0.3) is 0 Å². The predicted molar refractivity (Wildman–Crippen MR) is 82.2 cm³/mol. The molecule has 1 saturated heterocycles. The number of aryl methyl sites for hydroxylation is 1. The molecule has 1 aliphatic heterocycles. The van der Waals surface area contributed by atoms with Crippen LogP contribution >= 0.6 is 12.2 Å². The third-order valence-corrected chi connectivity index (χ3v) is 4.12. The first-order valence-electron chi connectivity index (χ1n) is 6.82. The van der Waals surface area contributed by atoms with Gasteiger partial charge in [0.1, 0.15) is 4.99 Å². The highest BCUT2D eigenvalue weighted by atomic mass is 32.1. The van der Waals surface area contributed by atoms with Crippen LogP contribution in [0.2, 0.25) is 0 Å². The number of nitrogens with zero attached hydrogens (tertiary/aromatic N) is 1. The normalized spacial score (nSPS) is 20.4. The number of aliphatic hydroxyl groups excluding tert-OH is 1. The average molecular weight is 278 g/mol. The summed E-state index contributed by atoms with van der Waals surface area (Å²) in [4.78, 5) is 2.88. The van der Waals surface area contributed by atoms with Gasteiger partial charge >= 0.3 is 0 Å². The van der Waals surface area contributed by atoms with Gasteiger partial charge in [-0.15, -0.1) is 0 Å². The van der Waals surface area contributed by atoms with Gasteiger partial charge < -0.3 is 10.8 Å². The Labute approximate surface area is 120 Å². The molecule has 2 rings (SSSR count). The zero-order valence-corrected chi connectivity index (χ0v) is 12.2. The van der Waals surface area contributed by atoms with E-state index < -0.39 is 0 Å². The number of rotatable bonds is 4. The van der Waals surface area contributed by atoms with Crippen LogP contribution in [-0.2, 0) is 6.54 Å². The molecule has 1 atom stereocenters. The van der Waals surface area contributed by atoms with Crippen molar-refractivity contribution in [3.8, 4) is 0 Å². The van der Waals surface area contributed by atoms with Crippen molar-refractivity contribution in [3.63, 3.8) is 0 Å². The summed E-state index contributed by atoms with van der Waals surface area (Å²) in [6.45, 7) is 5.46. The van der Waals surface area contributed by atoms with E-state index in [1.807, 2.05) is 6.07 Å². The fourth-order valence-electron chi connectivity index (χ4n) is 2.71. The van der Waals surface area contributed by atoms with Crippen LogP contribution in [0.5, 0.6) is 0 Å². The molecule has 0 saturated carbocycles. The molecule has 1 unspecified atom stereocenters. The van der Waals surface area contributed by atoms with Gasteiger partial charge in [0.2, 0.25) is 0 Å². The third kappa shape index (κ3) is 3.75. The minimum Gasteiger partial charge on any atom is -0.396 e. The van der Waals surface area contributed by atoms with Gasteiger partial charge in [0.25, 0.3) is 0 Å². The molecule has 1 fully saturated rings. The summed E-state index contributed by atoms with van der Waals surface area (Å²) < 4.78 is 0. The Kier molecular flexibility index (Phi) is 4.91. The van der Waals surface area contributed by atoms with Crippen molar-refractivity contribution in [2.24, 2.45) is 11.7 Å². The molecular formula is C15H22N2OS. The lowest BCUT2D eigenvalue weighted by Crippen LogP contribution is -2.36. The largest absolute Gasteiger partial charge is 0.396 e. The van der Waals surface area contributed by atoms with Crippen LogP contribution in [0.4, 0.5) is 0 Å². The second-order valence-corrected chi connectivity index (χ2v) is 5.87. The number of likely N-dealkylation sites (tertiary alicyclic amines) is 1. The van der Waals surface area contributed by atoms with Crippen LogP contribution in [0.3, 0.4) is 0 Å². The van der Waals surface area contributed by atoms with Crippen molar-refractivity contribution in [2.45, 2.75) is 26.3 Å². The lowest BCUT2D eigenvalue weighted by atomic mass is 9.97. The number of nitrogens with two attached hydrogens (primary N) is 1. The molecule has 0 spiro atoms. The Morgan fingerprint density at radius 3 is 2.95 bits per heavy atom. The summed E-state index contributed by atoms with van der Waals surface area (Å²) in [5.41, 5.74) is 9.13. The zero-order chi connectivity index (χ0) is 13.8. The summed E-state index contributed by atoms with van der Waals surface area (Å²) in [6.07, 6.45) is 2.32. The van der Waals surface area contributed by atoms with Crippen LogP contribution in [0, 0.1) is 12.8 Å². The van der Waals surface area contributed by atoms with E-state index >= 15 is 0 Å². The van der Waals surface area contributed by atoms with Crippen LogP contribution < -0.4 is 5.73 Å². The van der Waals surface area contributed by atoms with Gasteiger partial charge in [-0.25, -0.2) is 0 Å². The van der Waals surface area contributed by atoms with Gasteiger partial charge in [0.15, 0.2) is 0 Å². The molecule has 1 aromatic rings. The Balaban J connectivity index is 2.04. The molecule has 0 aromatic heterocycles. The van der Waals surface area contributed by atoms with Crippen molar-refractivity contribution in [2.75, 3.05) is 19.7 Å². The van der Waals surface area contributed by atoms with Gasteiger partial charge in [-0.1, -0.05) is 24.4 Å². The van der Waals surface area contributed by atoms with Gasteiger partial charge in [0, 0.05) is 25.3 Å². The number of hydrogen-bond donors (Lipinski definition) is 2. The Bertz CT molecular complexity index is 461. The molecule has 0 bridgehead atoms. The second kappa shape index (κ2) is 6.46. The van der Waals surface area contributed by atoms with Gasteiger partial charge in [-0.05, 0) is 49.4 Å². The molecule has 0 aliphatic carbocycles. The molecule has 1 aliphatic rings. The third-order valence-electron chi connectivity index (χ3n) is 3.88. The number of piperidine rings is 1. The summed E-state index contributed by atoms with van der Waals surface area (Å²) in [5.74, 6) is 0.435. The Hall–Kier alpha value is -0.970. The minimum absolute atomic E-state index is 0.301. The topological polar surface area (TPSA) is 49.5 Å². The van der Waals surface area contributed by atoms with Crippen molar-refractivity contribution >= 4 is 17.2 Å². The number of aliphatic hydroxyl groups is 1. The lowest BCUT2D eigenvalue weighted by Gasteiger charge is -2.32. The Morgan fingerprint density at radius 1 is 1.53 bits per heavy atom. The number of thiocarbonyl (C=S) groups is 1. The van der Waals surface area contributed by atoms with E-state index in [2.05, 4.69) is 24.0 Å². The highest BCUT2D eigenvalue weighted by Crippen LogP contribution is 2.20. The van der Waals surface area contributed by atoms with E-state index in [1.54, 1.807) is 0 Å². The standard InChI is InChI=1S/C15H22N2OS/c1-11-7-13(15(16)19)4-5-14(11)9-17-6-2-3-12(8-17)10-18/h4-5,7,12,18H,2-3,6,8-10H2,1H3,(H2,16,19). The first kappa shape index (κ1) is 14.4. The lowest BCUT2D eigenvalue weighted by molar-refractivity contribution is 0.116. The first-order chi connectivity index (χ1) is 9.10. The van der Waals surface area contributed by atoms with Gasteiger partial charge in [-0.3, -0.25) is 4.90 Å². The molecule has 104 valence electrons. The maximum atomic E-state index is 9.27. The van der Waals surface area contributed by atoms with Crippen molar-refractivity contribution in [1.82, 2.24) is 4.90 Å². The predicted octanol–water partition coefficient (Wildman–Crippen LogP) is 1.83. The zero-order valence-electron chi connectivity index (χ0n) is 11.4.